The normalized spacial score (nSPS) is 13.2. The first-order valence-corrected chi connectivity index (χ1v) is 4.88. The van der Waals surface area contributed by atoms with Gasteiger partial charge in [0.15, 0.2) is 11.5 Å². The molecular formula is C9H14N6. The summed E-state index contributed by atoms with van der Waals surface area (Å²) in [6.07, 6.45) is 2.29. The third-order valence-electron chi connectivity index (χ3n) is 2.40. The number of anilines is 1. The van der Waals surface area contributed by atoms with Crippen LogP contribution in [-0.4, -0.2) is 26.5 Å². The summed E-state index contributed by atoms with van der Waals surface area (Å²) >= 11 is 0. The fourth-order valence-corrected chi connectivity index (χ4v) is 1.48. The van der Waals surface area contributed by atoms with Gasteiger partial charge in [-0.15, -0.1) is 0 Å². The van der Waals surface area contributed by atoms with E-state index >= 15 is 0 Å². The molecule has 0 aliphatic heterocycles. The number of nitrogens with two attached hydrogens (primary N) is 2. The number of rotatable bonds is 3. The zero-order valence-corrected chi connectivity index (χ0v) is 8.57. The maximum Gasteiger partial charge on any atom is 0.183 e. The van der Waals surface area contributed by atoms with Crippen molar-refractivity contribution in [2.24, 2.45) is 5.73 Å². The highest BCUT2D eigenvalue weighted by Gasteiger charge is 2.12. The van der Waals surface area contributed by atoms with Crippen molar-refractivity contribution < 1.29 is 0 Å². The van der Waals surface area contributed by atoms with Crippen LogP contribution in [0, 0.1) is 0 Å². The smallest absolute Gasteiger partial charge is 0.183 e. The molecule has 0 spiro atoms. The van der Waals surface area contributed by atoms with Gasteiger partial charge >= 0.3 is 0 Å². The number of hydrogen-bond donors (Lipinski definition) is 3. The van der Waals surface area contributed by atoms with Crippen LogP contribution in [0.15, 0.2) is 6.33 Å². The summed E-state index contributed by atoms with van der Waals surface area (Å²) in [5.41, 5.74) is 12.5. The van der Waals surface area contributed by atoms with Gasteiger partial charge in [-0.05, 0) is 13.0 Å². The van der Waals surface area contributed by atoms with Gasteiger partial charge in [-0.2, -0.15) is 0 Å². The van der Waals surface area contributed by atoms with Crippen molar-refractivity contribution in [2.45, 2.75) is 19.3 Å². The molecule has 15 heavy (non-hydrogen) atoms. The van der Waals surface area contributed by atoms with Gasteiger partial charge in [-0.1, -0.05) is 6.92 Å². The summed E-state index contributed by atoms with van der Waals surface area (Å²) < 4.78 is 0. The van der Waals surface area contributed by atoms with Crippen molar-refractivity contribution >= 4 is 17.0 Å². The molecule has 2 rings (SSSR count). The molecule has 0 fully saturated rings. The van der Waals surface area contributed by atoms with Crippen molar-refractivity contribution in [3.8, 4) is 0 Å². The molecule has 5 N–H and O–H groups in total. The molecule has 1 unspecified atom stereocenters. The van der Waals surface area contributed by atoms with E-state index in [1.807, 2.05) is 0 Å². The molecule has 0 radical (unpaired) electrons. The number of hydrogen-bond acceptors (Lipinski definition) is 5. The number of aromatic nitrogens is 4. The van der Waals surface area contributed by atoms with Gasteiger partial charge in [0.2, 0.25) is 0 Å². The van der Waals surface area contributed by atoms with Crippen LogP contribution < -0.4 is 11.5 Å². The van der Waals surface area contributed by atoms with Crippen molar-refractivity contribution in [3.05, 3.63) is 12.2 Å². The Morgan fingerprint density at radius 3 is 2.93 bits per heavy atom. The molecule has 1 atom stereocenters. The van der Waals surface area contributed by atoms with Crippen LogP contribution in [0.2, 0.25) is 0 Å². The largest absolute Gasteiger partial charge is 0.382 e. The molecule has 0 aliphatic rings. The average Bonchev–Trinajstić information content (AvgIpc) is 2.63. The van der Waals surface area contributed by atoms with Gasteiger partial charge in [0.05, 0.1) is 0 Å². The average molecular weight is 206 g/mol. The summed E-state index contributed by atoms with van der Waals surface area (Å²) in [6, 6.07) is 0. The quantitative estimate of drug-likeness (QED) is 0.673. The standard InChI is InChI=1S/C9H14N6/c1-5(2-3-10)8-14-6-7(11)12-4-13-9(6)15-8/h4-5H,2-3,10H2,1H3,(H3,11,12,13,14,15). The summed E-state index contributed by atoms with van der Waals surface area (Å²) in [4.78, 5) is 15.4. The van der Waals surface area contributed by atoms with E-state index in [-0.39, 0.29) is 5.92 Å². The molecule has 0 amide bonds. The maximum absolute atomic E-state index is 5.70. The number of imidazole rings is 1. The first-order valence-electron chi connectivity index (χ1n) is 4.88. The molecule has 2 aromatic rings. The Bertz CT molecular complexity index is 463. The van der Waals surface area contributed by atoms with E-state index in [0.717, 1.165) is 12.2 Å². The summed E-state index contributed by atoms with van der Waals surface area (Å²) in [7, 11) is 0. The summed E-state index contributed by atoms with van der Waals surface area (Å²) in [5.74, 6) is 1.57. The number of nitrogens with zero attached hydrogens (tertiary/aromatic N) is 3. The molecule has 80 valence electrons. The Balaban J connectivity index is 2.43. The highest BCUT2D eigenvalue weighted by Crippen LogP contribution is 2.20. The molecule has 0 bridgehead atoms. The summed E-state index contributed by atoms with van der Waals surface area (Å²) in [5, 5.41) is 0. The van der Waals surface area contributed by atoms with E-state index < -0.39 is 0 Å². The Kier molecular flexibility index (Phi) is 2.51. The van der Waals surface area contributed by atoms with Gasteiger partial charge in [0.1, 0.15) is 17.7 Å². The zero-order valence-electron chi connectivity index (χ0n) is 8.57. The predicted molar refractivity (Wildman–Crippen MR) is 58.2 cm³/mol. The lowest BCUT2D eigenvalue weighted by molar-refractivity contribution is 0.657. The van der Waals surface area contributed by atoms with Gasteiger partial charge in [0.25, 0.3) is 0 Å². The van der Waals surface area contributed by atoms with Crippen LogP contribution in [0.25, 0.3) is 11.2 Å². The second-order valence-corrected chi connectivity index (χ2v) is 3.56. The molecular weight excluding hydrogens is 192 g/mol. The van der Waals surface area contributed by atoms with E-state index in [9.17, 15) is 0 Å². The van der Waals surface area contributed by atoms with Crippen LogP contribution in [0.1, 0.15) is 25.1 Å². The number of aromatic amines is 1. The molecule has 2 aromatic heterocycles. The second kappa shape index (κ2) is 3.82. The molecule has 0 aromatic carbocycles. The third kappa shape index (κ3) is 1.75. The monoisotopic (exact) mass is 206 g/mol. The Morgan fingerprint density at radius 2 is 2.27 bits per heavy atom. The van der Waals surface area contributed by atoms with Crippen molar-refractivity contribution in [1.29, 1.82) is 0 Å². The Morgan fingerprint density at radius 1 is 1.47 bits per heavy atom. The van der Waals surface area contributed by atoms with Crippen molar-refractivity contribution in [2.75, 3.05) is 12.3 Å². The molecule has 2 heterocycles. The fourth-order valence-electron chi connectivity index (χ4n) is 1.48. The molecule has 6 nitrogen and oxygen atoms in total. The highest BCUT2D eigenvalue weighted by atomic mass is 15.0. The lowest BCUT2D eigenvalue weighted by Gasteiger charge is -2.04. The lowest BCUT2D eigenvalue weighted by atomic mass is 10.1. The van der Waals surface area contributed by atoms with E-state index in [4.69, 9.17) is 11.5 Å². The van der Waals surface area contributed by atoms with Crippen molar-refractivity contribution in [1.82, 2.24) is 19.9 Å². The van der Waals surface area contributed by atoms with E-state index in [2.05, 4.69) is 26.9 Å². The number of nitrogens with one attached hydrogen (secondary N) is 1. The first kappa shape index (κ1) is 9.85. The lowest BCUT2D eigenvalue weighted by Crippen LogP contribution is -2.05. The molecule has 0 saturated heterocycles. The van der Waals surface area contributed by atoms with Crippen molar-refractivity contribution in [3.63, 3.8) is 0 Å². The van der Waals surface area contributed by atoms with Gasteiger partial charge in [-0.25, -0.2) is 15.0 Å². The minimum Gasteiger partial charge on any atom is -0.382 e. The minimum absolute atomic E-state index is 0.281. The van der Waals surface area contributed by atoms with Crippen LogP contribution in [0.5, 0.6) is 0 Å². The molecule has 0 aliphatic carbocycles. The van der Waals surface area contributed by atoms with E-state index in [1.165, 1.54) is 6.33 Å². The zero-order chi connectivity index (χ0) is 10.8. The van der Waals surface area contributed by atoms with Gasteiger partial charge in [0, 0.05) is 5.92 Å². The van der Waals surface area contributed by atoms with Crippen LogP contribution >= 0.6 is 0 Å². The number of nitrogen functional groups attached to an aromatic ring is 1. The topological polar surface area (TPSA) is 106 Å². The third-order valence-corrected chi connectivity index (χ3v) is 2.40. The summed E-state index contributed by atoms with van der Waals surface area (Å²) in [6.45, 7) is 2.70. The van der Waals surface area contributed by atoms with Gasteiger partial charge in [-0.3, -0.25) is 0 Å². The van der Waals surface area contributed by atoms with Crippen LogP contribution in [-0.2, 0) is 0 Å². The maximum atomic E-state index is 5.70. The Labute approximate surface area is 87.1 Å². The van der Waals surface area contributed by atoms with Crippen LogP contribution in [0.3, 0.4) is 0 Å². The SMILES string of the molecule is CC(CCN)c1nc2ncnc(N)c2[nH]1. The molecule has 0 saturated carbocycles. The fraction of sp³-hybridized carbons (Fsp3) is 0.444. The molecule has 6 heteroatoms. The van der Waals surface area contributed by atoms with E-state index in [0.29, 0.717) is 23.5 Å². The van der Waals surface area contributed by atoms with Gasteiger partial charge < -0.3 is 16.5 Å². The predicted octanol–water partition coefficient (Wildman–Crippen LogP) is 0.387. The van der Waals surface area contributed by atoms with Crippen LogP contribution in [0.4, 0.5) is 5.82 Å². The highest BCUT2D eigenvalue weighted by molar-refractivity contribution is 5.81. The van der Waals surface area contributed by atoms with E-state index in [1.54, 1.807) is 0 Å². The number of H-pyrrole nitrogens is 1. The Hall–Kier alpha value is -1.69. The first-order chi connectivity index (χ1) is 7.22. The number of fused-ring (bicyclic) bond motifs is 1. The minimum atomic E-state index is 0.281. The second-order valence-electron chi connectivity index (χ2n) is 3.56.